The fraction of sp³-hybridized carbons (Fsp3) is 0.483. The van der Waals surface area contributed by atoms with Crippen LogP contribution in [0.3, 0.4) is 0 Å². The van der Waals surface area contributed by atoms with Gasteiger partial charge in [0.2, 0.25) is 5.91 Å². The van der Waals surface area contributed by atoms with Gasteiger partial charge in [-0.25, -0.2) is 9.63 Å². The van der Waals surface area contributed by atoms with E-state index in [0.717, 1.165) is 16.7 Å². The van der Waals surface area contributed by atoms with Crippen molar-refractivity contribution in [2.45, 2.75) is 50.9 Å². The van der Waals surface area contributed by atoms with Gasteiger partial charge in [0.15, 0.2) is 11.5 Å². The Balaban J connectivity index is 1.69. The Labute approximate surface area is 254 Å². The molecule has 13 nitrogen and oxygen atoms in total. The van der Waals surface area contributed by atoms with Crippen molar-refractivity contribution in [2.75, 3.05) is 38.9 Å². The van der Waals surface area contributed by atoms with E-state index in [9.17, 15) is 19.5 Å². The molecule has 3 unspecified atom stereocenters. The third-order valence-electron chi connectivity index (χ3n) is 6.98. The van der Waals surface area contributed by atoms with Crippen LogP contribution in [0.1, 0.15) is 30.0 Å². The lowest BCUT2D eigenvalue weighted by molar-refractivity contribution is -0.490. The average Bonchev–Trinajstić information content (AvgIpc) is 3.00. The van der Waals surface area contributed by atoms with E-state index in [0.29, 0.717) is 35.8 Å². The van der Waals surface area contributed by atoms with Crippen LogP contribution in [0.4, 0.5) is 0 Å². The third kappa shape index (κ3) is 10.1. The SMILES string of the molecule is COc1cc2c(cc1OC)CN(C(=O)C(C)NC(CCc1ccccc1)C(=O)OCCSCCON(O)O)C(C(=O)O)C2. The number of nitrogens with zero attached hydrogens (tertiary/aromatic N) is 2. The number of ether oxygens (including phenoxy) is 3. The number of hydrogen-bond acceptors (Lipinski definition) is 12. The molecular formula is C29H39N3O10S. The van der Waals surface area contributed by atoms with Crippen molar-refractivity contribution in [3.8, 4) is 11.5 Å². The minimum atomic E-state index is -1.13. The molecule has 3 atom stereocenters. The van der Waals surface area contributed by atoms with Crippen molar-refractivity contribution in [1.82, 2.24) is 15.6 Å². The Hall–Kier alpha value is -3.40. The van der Waals surface area contributed by atoms with Crippen molar-refractivity contribution in [3.63, 3.8) is 0 Å². The first-order valence-electron chi connectivity index (χ1n) is 13.8. The zero-order chi connectivity index (χ0) is 31.4. The summed E-state index contributed by atoms with van der Waals surface area (Å²) in [7, 11) is 3.01. The number of amides is 1. The van der Waals surface area contributed by atoms with Gasteiger partial charge in [0, 0.05) is 24.5 Å². The van der Waals surface area contributed by atoms with E-state index < -0.39 is 36.0 Å². The number of carboxylic acids is 1. The van der Waals surface area contributed by atoms with Crippen LogP contribution in [-0.2, 0) is 43.3 Å². The number of rotatable bonds is 17. The minimum absolute atomic E-state index is 0.0574. The second-order valence-electron chi connectivity index (χ2n) is 9.83. The monoisotopic (exact) mass is 621 g/mol. The number of carboxylic acid groups (broad SMARTS) is 1. The first-order valence-corrected chi connectivity index (χ1v) is 14.9. The number of benzene rings is 2. The third-order valence-corrected chi connectivity index (χ3v) is 7.89. The van der Waals surface area contributed by atoms with Crippen LogP contribution >= 0.6 is 11.8 Å². The minimum Gasteiger partial charge on any atom is -0.493 e. The lowest BCUT2D eigenvalue weighted by atomic mass is 9.92. The van der Waals surface area contributed by atoms with Crippen molar-refractivity contribution in [3.05, 3.63) is 59.2 Å². The normalized spacial score (nSPS) is 15.9. The summed E-state index contributed by atoms with van der Waals surface area (Å²) in [5, 5.41) is 29.8. The number of hydrogen-bond donors (Lipinski definition) is 4. The molecule has 43 heavy (non-hydrogen) atoms. The van der Waals surface area contributed by atoms with Crippen LogP contribution in [0.25, 0.3) is 0 Å². The molecule has 1 aliphatic heterocycles. The van der Waals surface area contributed by atoms with Gasteiger partial charge in [-0.15, -0.1) is 0 Å². The molecule has 0 saturated heterocycles. The van der Waals surface area contributed by atoms with Crippen LogP contribution in [0.15, 0.2) is 42.5 Å². The zero-order valence-electron chi connectivity index (χ0n) is 24.4. The Morgan fingerprint density at radius 2 is 1.70 bits per heavy atom. The highest BCUT2D eigenvalue weighted by atomic mass is 32.2. The van der Waals surface area contributed by atoms with Gasteiger partial charge in [0.05, 0.1) is 32.3 Å². The van der Waals surface area contributed by atoms with Gasteiger partial charge in [-0.05, 0) is 48.6 Å². The number of carbonyl (C=O) groups excluding carboxylic acids is 2. The molecule has 0 aliphatic carbocycles. The summed E-state index contributed by atoms with van der Waals surface area (Å²) in [5.74, 6) is -0.260. The van der Waals surface area contributed by atoms with E-state index in [1.54, 1.807) is 19.1 Å². The largest absolute Gasteiger partial charge is 0.493 e. The number of aliphatic carboxylic acids is 1. The van der Waals surface area contributed by atoms with Crippen molar-refractivity contribution in [2.24, 2.45) is 0 Å². The molecule has 2 aromatic rings. The highest BCUT2D eigenvalue weighted by Gasteiger charge is 2.38. The Morgan fingerprint density at radius 1 is 1.05 bits per heavy atom. The molecular weight excluding hydrogens is 582 g/mol. The lowest BCUT2D eigenvalue weighted by Gasteiger charge is -2.37. The van der Waals surface area contributed by atoms with Gasteiger partial charge < -0.3 is 24.2 Å². The van der Waals surface area contributed by atoms with Gasteiger partial charge in [0.1, 0.15) is 18.7 Å². The molecule has 0 bridgehead atoms. The maximum absolute atomic E-state index is 13.7. The van der Waals surface area contributed by atoms with E-state index in [-0.39, 0.29) is 31.6 Å². The molecule has 1 heterocycles. The molecule has 0 radical (unpaired) electrons. The number of esters is 1. The Kier molecular flexibility index (Phi) is 13.5. The summed E-state index contributed by atoms with van der Waals surface area (Å²) < 4.78 is 16.2. The summed E-state index contributed by atoms with van der Waals surface area (Å²) in [6.07, 6.45) is 1.00. The molecule has 4 N–H and O–H groups in total. The second kappa shape index (κ2) is 17.0. The summed E-state index contributed by atoms with van der Waals surface area (Å²) in [4.78, 5) is 44.8. The molecule has 236 valence electrons. The maximum Gasteiger partial charge on any atom is 0.326 e. The number of aryl methyl sites for hydroxylation is 1. The fourth-order valence-corrected chi connectivity index (χ4v) is 5.39. The number of fused-ring (bicyclic) bond motifs is 1. The molecule has 3 rings (SSSR count). The first kappa shape index (κ1) is 34.1. The van der Waals surface area contributed by atoms with E-state index in [1.165, 1.54) is 30.9 Å². The Morgan fingerprint density at radius 3 is 2.33 bits per heavy atom. The maximum atomic E-state index is 13.7. The number of nitrogens with one attached hydrogen (secondary N) is 1. The fourth-order valence-electron chi connectivity index (χ4n) is 4.79. The standard InChI is InChI=1S/C29H39N3O10S/c1-19(27(33)31-18-22-17-26(40-3)25(39-2)16-21(22)15-24(31)28(34)35)30-23(10-9-20-7-5-4-6-8-20)29(36)41-11-13-43-14-12-42-32(37)38/h4-8,16-17,19,23-24,30,37-38H,9-15,18H2,1-3H3,(H,34,35). The molecule has 0 aromatic heterocycles. The van der Waals surface area contributed by atoms with E-state index in [4.69, 9.17) is 24.6 Å². The predicted molar refractivity (Wildman–Crippen MR) is 156 cm³/mol. The van der Waals surface area contributed by atoms with Gasteiger partial charge in [0.25, 0.3) is 0 Å². The van der Waals surface area contributed by atoms with Crippen LogP contribution < -0.4 is 14.8 Å². The topological polar surface area (TPSA) is 167 Å². The van der Waals surface area contributed by atoms with Gasteiger partial charge in [-0.3, -0.25) is 25.3 Å². The zero-order valence-corrected chi connectivity index (χ0v) is 25.2. The predicted octanol–water partition coefficient (Wildman–Crippen LogP) is 2.31. The molecule has 14 heteroatoms. The summed E-state index contributed by atoms with van der Waals surface area (Å²) in [6.45, 7) is 1.83. The average molecular weight is 622 g/mol. The van der Waals surface area contributed by atoms with Crippen LogP contribution in [0.5, 0.6) is 11.5 Å². The molecule has 0 spiro atoms. The van der Waals surface area contributed by atoms with E-state index >= 15 is 0 Å². The lowest BCUT2D eigenvalue weighted by Crippen LogP contribution is -2.56. The van der Waals surface area contributed by atoms with E-state index in [2.05, 4.69) is 10.2 Å². The van der Waals surface area contributed by atoms with Crippen molar-refractivity contribution >= 4 is 29.6 Å². The van der Waals surface area contributed by atoms with Crippen LogP contribution in [0.2, 0.25) is 0 Å². The quantitative estimate of drug-likeness (QED) is 0.116. The highest BCUT2D eigenvalue weighted by Crippen LogP contribution is 2.35. The first-order chi connectivity index (χ1) is 20.6. The molecule has 0 saturated carbocycles. The number of carbonyl (C=O) groups is 3. The van der Waals surface area contributed by atoms with Crippen molar-refractivity contribution < 1.29 is 49.0 Å². The summed E-state index contributed by atoms with van der Waals surface area (Å²) in [6, 6.07) is 10.3. The second-order valence-corrected chi connectivity index (χ2v) is 11.1. The molecule has 0 fully saturated rings. The van der Waals surface area contributed by atoms with Crippen molar-refractivity contribution in [1.29, 1.82) is 0 Å². The van der Waals surface area contributed by atoms with Gasteiger partial charge >= 0.3 is 11.9 Å². The van der Waals surface area contributed by atoms with Gasteiger partial charge in [-0.2, -0.15) is 11.8 Å². The smallest absolute Gasteiger partial charge is 0.326 e. The molecule has 2 aromatic carbocycles. The molecule has 1 amide bonds. The molecule has 1 aliphatic rings. The highest BCUT2D eigenvalue weighted by molar-refractivity contribution is 7.99. The van der Waals surface area contributed by atoms with E-state index in [1.807, 2.05) is 30.3 Å². The number of thioether (sulfide) groups is 1. The number of methoxy groups -OCH3 is 2. The Bertz CT molecular complexity index is 1220. The summed E-state index contributed by atoms with van der Waals surface area (Å²) in [5.41, 5.74) is 2.53. The summed E-state index contributed by atoms with van der Waals surface area (Å²) >= 11 is 1.39. The van der Waals surface area contributed by atoms with Crippen LogP contribution in [-0.4, -0.2) is 101 Å². The van der Waals surface area contributed by atoms with Gasteiger partial charge in [-0.1, -0.05) is 30.3 Å². The van der Waals surface area contributed by atoms with Crippen LogP contribution in [0, 0.1) is 0 Å².